The van der Waals surface area contributed by atoms with Crippen molar-refractivity contribution >= 4 is 0 Å². The van der Waals surface area contributed by atoms with Crippen LogP contribution in [-0.4, -0.2) is 36.3 Å². The second-order valence-corrected chi connectivity index (χ2v) is 3.81. The van der Waals surface area contributed by atoms with Crippen molar-refractivity contribution in [3.8, 4) is 17.2 Å². The van der Waals surface area contributed by atoms with Crippen LogP contribution in [0.3, 0.4) is 0 Å². The first-order valence-corrected chi connectivity index (χ1v) is 5.64. The van der Waals surface area contributed by atoms with Crippen LogP contribution in [0.25, 0.3) is 0 Å². The van der Waals surface area contributed by atoms with E-state index in [2.05, 4.69) is 0 Å². The quantitative estimate of drug-likeness (QED) is 0.837. The molecule has 1 aromatic rings. The Bertz CT molecular complexity index is 360. The number of ether oxygens (including phenoxy) is 3. The molecular weight excluding hydrogens is 224 g/mol. The molecule has 0 aliphatic carbocycles. The van der Waals surface area contributed by atoms with Crippen molar-refractivity contribution in [2.75, 3.05) is 19.8 Å². The molecule has 0 spiro atoms. The van der Waals surface area contributed by atoms with E-state index in [-0.39, 0.29) is 17.8 Å². The van der Waals surface area contributed by atoms with Crippen molar-refractivity contribution in [1.29, 1.82) is 0 Å². The van der Waals surface area contributed by atoms with E-state index in [1.807, 2.05) is 0 Å². The second kappa shape index (κ2) is 5.75. The van der Waals surface area contributed by atoms with E-state index in [9.17, 15) is 5.11 Å². The number of phenolic OH excluding ortho intramolecular Hbond substituents is 2. The maximum absolute atomic E-state index is 9.48. The minimum Gasteiger partial charge on any atom is -0.508 e. The number of hydrogen-bond donors (Lipinski definition) is 2. The average molecular weight is 240 g/mol. The molecule has 0 bridgehead atoms. The van der Waals surface area contributed by atoms with E-state index in [4.69, 9.17) is 19.3 Å². The molecule has 1 aromatic carbocycles. The summed E-state index contributed by atoms with van der Waals surface area (Å²) in [6.45, 7) is 1.83. The molecule has 1 saturated heterocycles. The lowest BCUT2D eigenvalue weighted by Crippen LogP contribution is -2.26. The molecule has 5 heteroatoms. The number of benzene rings is 1. The summed E-state index contributed by atoms with van der Waals surface area (Å²) in [5.41, 5.74) is 0. The molecule has 0 atom stereocenters. The summed E-state index contributed by atoms with van der Waals surface area (Å²) in [4.78, 5) is 0. The molecule has 2 N–H and O–H groups in total. The number of aromatic hydroxyl groups is 2. The van der Waals surface area contributed by atoms with Crippen molar-refractivity contribution in [2.45, 2.75) is 19.1 Å². The maximum Gasteiger partial charge on any atom is 0.161 e. The van der Waals surface area contributed by atoms with Gasteiger partial charge in [0.2, 0.25) is 0 Å². The van der Waals surface area contributed by atoms with Gasteiger partial charge in [0.1, 0.15) is 5.75 Å². The Kier molecular flexibility index (Phi) is 4.06. The third kappa shape index (κ3) is 3.51. The fourth-order valence-electron chi connectivity index (χ4n) is 1.60. The standard InChI is InChI=1S/C12H16O5/c13-9-2-3-11(10(14)8-9)15-7-4-12-16-5-1-6-17-12/h2-3,8,12-14H,1,4-7H2. The van der Waals surface area contributed by atoms with Crippen molar-refractivity contribution in [1.82, 2.24) is 0 Å². The van der Waals surface area contributed by atoms with E-state index in [1.165, 1.54) is 18.2 Å². The molecule has 0 saturated carbocycles. The first-order valence-electron chi connectivity index (χ1n) is 5.64. The number of phenols is 2. The highest BCUT2D eigenvalue weighted by Gasteiger charge is 2.14. The highest BCUT2D eigenvalue weighted by atomic mass is 16.7. The minimum atomic E-state index is -0.219. The summed E-state index contributed by atoms with van der Waals surface area (Å²) in [6.07, 6.45) is 1.32. The summed E-state index contributed by atoms with van der Waals surface area (Å²) >= 11 is 0. The van der Waals surface area contributed by atoms with Gasteiger partial charge in [0.25, 0.3) is 0 Å². The van der Waals surface area contributed by atoms with Gasteiger partial charge in [0, 0.05) is 12.5 Å². The molecule has 94 valence electrons. The number of rotatable bonds is 4. The van der Waals surface area contributed by atoms with Gasteiger partial charge < -0.3 is 24.4 Å². The molecule has 17 heavy (non-hydrogen) atoms. The first-order chi connectivity index (χ1) is 8.25. The van der Waals surface area contributed by atoms with E-state index in [0.717, 1.165) is 19.6 Å². The first kappa shape index (κ1) is 12.0. The SMILES string of the molecule is Oc1ccc(OCCC2OCCCO2)c(O)c1. The molecule has 0 amide bonds. The van der Waals surface area contributed by atoms with E-state index >= 15 is 0 Å². The predicted octanol–water partition coefficient (Wildman–Crippen LogP) is 1.63. The van der Waals surface area contributed by atoms with Gasteiger partial charge in [-0.2, -0.15) is 0 Å². The molecule has 1 fully saturated rings. The molecule has 0 aromatic heterocycles. The molecule has 1 aliphatic rings. The van der Waals surface area contributed by atoms with Crippen LogP contribution in [0.2, 0.25) is 0 Å². The number of hydrogen-bond acceptors (Lipinski definition) is 5. The fraction of sp³-hybridized carbons (Fsp3) is 0.500. The zero-order valence-corrected chi connectivity index (χ0v) is 9.46. The molecule has 0 radical (unpaired) electrons. The van der Waals surface area contributed by atoms with Gasteiger partial charge in [-0.05, 0) is 18.6 Å². The predicted molar refractivity (Wildman–Crippen MR) is 60.2 cm³/mol. The lowest BCUT2D eigenvalue weighted by Gasteiger charge is -2.23. The average Bonchev–Trinajstić information content (AvgIpc) is 2.33. The Morgan fingerprint density at radius 1 is 1.24 bits per heavy atom. The van der Waals surface area contributed by atoms with Gasteiger partial charge in [0.05, 0.1) is 19.8 Å². The monoisotopic (exact) mass is 240 g/mol. The van der Waals surface area contributed by atoms with Crippen LogP contribution in [0.4, 0.5) is 0 Å². The van der Waals surface area contributed by atoms with Crippen molar-refractivity contribution in [3.63, 3.8) is 0 Å². The van der Waals surface area contributed by atoms with Crippen LogP contribution >= 0.6 is 0 Å². The zero-order valence-electron chi connectivity index (χ0n) is 9.46. The highest BCUT2D eigenvalue weighted by molar-refractivity contribution is 5.43. The Morgan fingerprint density at radius 2 is 2.00 bits per heavy atom. The molecule has 1 aliphatic heterocycles. The normalized spacial score (nSPS) is 16.9. The molecule has 1 heterocycles. The molecule has 5 nitrogen and oxygen atoms in total. The summed E-state index contributed by atoms with van der Waals surface area (Å²) in [7, 11) is 0. The van der Waals surface area contributed by atoms with Crippen LogP contribution < -0.4 is 4.74 Å². The highest BCUT2D eigenvalue weighted by Crippen LogP contribution is 2.29. The van der Waals surface area contributed by atoms with Gasteiger partial charge in [-0.25, -0.2) is 0 Å². The van der Waals surface area contributed by atoms with Crippen molar-refractivity contribution < 1.29 is 24.4 Å². The minimum absolute atomic E-state index is 0.00815. The Labute approximate surface area is 99.5 Å². The largest absolute Gasteiger partial charge is 0.508 e. The summed E-state index contributed by atoms with van der Waals surface area (Å²) in [5.74, 6) is 0.280. The third-order valence-corrected chi connectivity index (χ3v) is 2.45. The summed E-state index contributed by atoms with van der Waals surface area (Å²) in [6, 6.07) is 4.22. The van der Waals surface area contributed by atoms with Gasteiger partial charge in [-0.3, -0.25) is 0 Å². The zero-order chi connectivity index (χ0) is 12.1. The summed E-state index contributed by atoms with van der Waals surface area (Å²) < 4.78 is 16.1. The van der Waals surface area contributed by atoms with E-state index in [0.29, 0.717) is 18.8 Å². The molecule has 0 unspecified atom stereocenters. The van der Waals surface area contributed by atoms with Crippen LogP contribution in [0, 0.1) is 0 Å². The van der Waals surface area contributed by atoms with Crippen molar-refractivity contribution in [3.05, 3.63) is 18.2 Å². The lowest BCUT2D eigenvalue weighted by molar-refractivity contribution is -0.183. The van der Waals surface area contributed by atoms with Gasteiger partial charge in [-0.15, -0.1) is 0 Å². The second-order valence-electron chi connectivity index (χ2n) is 3.81. The van der Waals surface area contributed by atoms with E-state index < -0.39 is 0 Å². The van der Waals surface area contributed by atoms with Crippen molar-refractivity contribution in [2.24, 2.45) is 0 Å². The van der Waals surface area contributed by atoms with Gasteiger partial charge in [-0.1, -0.05) is 0 Å². The third-order valence-electron chi connectivity index (χ3n) is 2.45. The van der Waals surface area contributed by atoms with Crippen LogP contribution in [0.15, 0.2) is 18.2 Å². The maximum atomic E-state index is 9.48. The topological polar surface area (TPSA) is 68.2 Å². The van der Waals surface area contributed by atoms with Crippen LogP contribution in [0.5, 0.6) is 17.2 Å². The van der Waals surface area contributed by atoms with Crippen LogP contribution in [-0.2, 0) is 9.47 Å². The Morgan fingerprint density at radius 3 is 2.71 bits per heavy atom. The summed E-state index contributed by atoms with van der Waals surface area (Å²) in [5, 5.41) is 18.6. The van der Waals surface area contributed by atoms with Crippen LogP contribution in [0.1, 0.15) is 12.8 Å². The molecular formula is C12H16O5. The smallest absolute Gasteiger partial charge is 0.161 e. The Hall–Kier alpha value is -1.46. The van der Waals surface area contributed by atoms with E-state index in [1.54, 1.807) is 0 Å². The fourth-order valence-corrected chi connectivity index (χ4v) is 1.60. The lowest BCUT2D eigenvalue weighted by atomic mass is 10.3. The molecule has 2 rings (SSSR count). The van der Waals surface area contributed by atoms with Gasteiger partial charge >= 0.3 is 0 Å². The Balaban J connectivity index is 1.77. The van der Waals surface area contributed by atoms with Gasteiger partial charge in [0.15, 0.2) is 17.8 Å².